The van der Waals surface area contributed by atoms with E-state index in [1.54, 1.807) is 26.3 Å². The molecule has 29 heavy (non-hydrogen) atoms. The third kappa shape index (κ3) is 5.99. The number of primary amides is 1. The number of nitrogens with zero attached hydrogens (tertiary/aromatic N) is 3. The lowest BCUT2D eigenvalue weighted by atomic mass is 10.1. The molecular formula is C21H28IN5O2. The Morgan fingerprint density at radius 2 is 1.83 bits per heavy atom. The molecule has 1 amide bonds. The number of nitrogens with one attached hydrogen (secondary N) is 1. The van der Waals surface area contributed by atoms with Crippen LogP contribution in [0.1, 0.15) is 15.9 Å². The van der Waals surface area contributed by atoms with E-state index in [2.05, 4.69) is 32.2 Å². The predicted octanol–water partition coefficient (Wildman–Crippen LogP) is 2.31. The maximum atomic E-state index is 11.2. The van der Waals surface area contributed by atoms with E-state index in [0.29, 0.717) is 12.1 Å². The van der Waals surface area contributed by atoms with Gasteiger partial charge in [0.1, 0.15) is 5.75 Å². The van der Waals surface area contributed by atoms with Crippen LogP contribution in [0.15, 0.2) is 53.5 Å². The lowest BCUT2D eigenvalue weighted by Crippen LogP contribution is -2.52. The van der Waals surface area contributed by atoms with Crippen LogP contribution in [-0.2, 0) is 6.54 Å². The number of anilines is 1. The fourth-order valence-electron chi connectivity index (χ4n) is 3.28. The third-order valence-electron chi connectivity index (χ3n) is 4.90. The minimum absolute atomic E-state index is 0. The number of carbonyl (C=O) groups is 1. The average Bonchev–Trinajstić information content (AvgIpc) is 2.75. The Hall–Kier alpha value is -2.49. The van der Waals surface area contributed by atoms with Crippen LogP contribution < -0.4 is 20.7 Å². The van der Waals surface area contributed by atoms with Gasteiger partial charge in [-0.25, -0.2) is 0 Å². The minimum atomic E-state index is -0.413. The van der Waals surface area contributed by atoms with Crippen molar-refractivity contribution in [2.24, 2.45) is 10.7 Å². The molecule has 1 aliphatic heterocycles. The van der Waals surface area contributed by atoms with Crippen molar-refractivity contribution in [1.82, 2.24) is 10.2 Å². The van der Waals surface area contributed by atoms with E-state index in [0.717, 1.165) is 43.5 Å². The number of hydrogen-bond acceptors (Lipinski definition) is 4. The topological polar surface area (TPSA) is 83.2 Å². The smallest absolute Gasteiger partial charge is 0.248 e. The van der Waals surface area contributed by atoms with Gasteiger partial charge in [0.25, 0.3) is 0 Å². The van der Waals surface area contributed by atoms with E-state index in [4.69, 9.17) is 10.5 Å². The molecule has 0 spiro atoms. The van der Waals surface area contributed by atoms with Crippen molar-refractivity contribution in [1.29, 1.82) is 0 Å². The lowest BCUT2D eigenvalue weighted by molar-refractivity contribution is 0.100. The molecule has 3 rings (SSSR count). The van der Waals surface area contributed by atoms with Crippen LogP contribution in [0.5, 0.6) is 5.75 Å². The molecule has 0 radical (unpaired) electrons. The molecule has 0 aromatic heterocycles. The predicted molar refractivity (Wildman–Crippen MR) is 127 cm³/mol. The molecule has 0 unspecified atom stereocenters. The van der Waals surface area contributed by atoms with Crippen molar-refractivity contribution in [2.45, 2.75) is 6.54 Å². The normalized spacial score (nSPS) is 14.2. The summed E-state index contributed by atoms with van der Waals surface area (Å²) in [5.74, 6) is 1.34. The first kappa shape index (κ1) is 22.8. The summed E-state index contributed by atoms with van der Waals surface area (Å²) >= 11 is 0. The number of methoxy groups -OCH3 is 1. The fourth-order valence-corrected chi connectivity index (χ4v) is 3.28. The zero-order valence-corrected chi connectivity index (χ0v) is 19.1. The highest BCUT2D eigenvalue weighted by atomic mass is 127. The summed E-state index contributed by atoms with van der Waals surface area (Å²) in [5.41, 5.74) is 8.05. The van der Waals surface area contributed by atoms with E-state index in [9.17, 15) is 4.79 Å². The summed E-state index contributed by atoms with van der Waals surface area (Å²) in [6.45, 7) is 4.25. The minimum Gasteiger partial charge on any atom is -0.497 e. The number of halogens is 1. The van der Waals surface area contributed by atoms with Gasteiger partial charge in [-0.05, 0) is 29.8 Å². The van der Waals surface area contributed by atoms with Crippen LogP contribution in [0, 0.1) is 0 Å². The number of carbonyl (C=O) groups excluding carboxylic acids is 1. The number of amides is 1. The van der Waals surface area contributed by atoms with Gasteiger partial charge in [0.15, 0.2) is 5.96 Å². The molecule has 2 aromatic rings. The highest BCUT2D eigenvalue weighted by molar-refractivity contribution is 14.0. The van der Waals surface area contributed by atoms with Crippen molar-refractivity contribution >= 4 is 41.5 Å². The molecule has 0 bridgehead atoms. The van der Waals surface area contributed by atoms with Gasteiger partial charge in [-0.3, -0.25) is 9.79 Å². The first-order valence-electron chi connectivity index (χ1n) is 9.34. The standard InChI is InChI=1S/C21H27N5O2.HI/c1-23-21(24-15-16-6-8-17(9-7-16)20(22)27)26-12-10-25(11-13-26)18-4-3-5-19(14-18)28-2;/h3-9,14H,10-13,15H2,1-2H3,(H2,22,27)(H,23,24);1H. The molecule has 0 atom stereocenters. The maximum absolute atomic E-state index is 11.2. The number of piperazine rings is 1. The van der Waals surface area contributed by atoms with Crippen LogP contribution in [0.3, 0.4) is 0 Å². The summed E-state index contributed by atoms with van der Waals surface area (Å²) < 4.78 is 5.32. The quantitative estimate of drug-likeness (QED) is 0.368. The second kappa shape index (κ2) is 10.9. The van der Waals surface area contributed by atoms with Gasteiger partial charge in [0.05, 0.1) is 7.11 Å². The van der Waals surface area contributed by atoms with Crippen LogP contribution >= 0.6 is 24.0 Å². The molecule has 1 fully saturated rings. The number of hydrogen-bond donors (Lipinski definition) is 2. The Bertz CT molecular complexity index is 833. The molecule has 2 aromatic carbocycles. The Labute approximate surface area is 188 Å². The van der Waals surface area contributed by atoms with Gasteiger partial charge < -0.3 is 25.6 Å². The van der Waals surface area contributed by atoms with E-state index >= 15 is 0 Å². The van der Waals surface area contributed by atoms with Gasteiger partial charge in [0.2, 0.25) is 5.91 Å². The van der Waals surface area contributed by atoms with Crippen LogP contribution in [0.4, 0.5) is 5.69 Å². The molecule has 8 heteroatoms. The molecule has 156 valence electrons. The fraction of sp³-hybridized carbons (Fsp3) is 0.333. The third-order valence-corrected chi connectivity index (χ3v) is 4.90. The number of aliphatic imine (C=N–C) groups is 1. The summed E-state index contributed by atoms with van der Waals surface area (Å²) in [5, 5.41) is 3.40. The van der Waals surface area contributed by atoms with Crippen molar-refractivity contribution < 1.29 is 9.53 Å². The summed E-state index contributed by atoms with van der Waals surface area (Å²) in [6, 6.07) is 15.5. The van der Waals surface area contributed by atoms with Gasteiger partial charge in [-0.15, -0.1) is 24.0 Å². The monoisotopic (exact) mass is 509 g/mol. The Morgan fingerprint density at radius 1 is 1.14 bits per heavy atom. The van der Waals surface area contributed by atoms with Gasteiger partial charge in [-0.1, -0.05) is 18.2 Å². The van der Waals surface area contributed by atoms with Crippen molar-refractivity contribution in [3.63, 3.8) is 0 Å². The van der Waals surface area contributed by atoms with Gasteiger partial charge in [0, 0.05) is 57.1 Å². The lowest BCUT2D eigenvalue weighted by Gasteiger charge is -2.37. The summed E-state index contributed by atoms with van der Waals surface area (Å²) in [4.78, 5) is 20.2. The van der Waals surface area contributed by atoms with Crippen molar-refractivity contribution in [3.8, 4) is 5.75 Å². The first-order valence-corrected chi connectivity index (χ1v) is 9.34. The van der Waals surface area contributed by atoms with Gasteiger partial charge in [-0.2, -0.15) is 0 Å². The highest BCUT2D eigenvalue weighted by Crippen LogP contribution is 2.22. The largest absolute Gasteiger partial charge is 0.497 e. The van der Waals surface area contributed by atoms with Crippen LogP contribution in [-0.4, -0.2) is 57.1 Å². The Morgan fingerprint density at radius 3 is 2.41 bits per heavy atom. The molecule has 0 saturated carbocycles. The van der Waals surface area contributed by atoms with E-state index in [1.807, 2.05) is 24.3 Å². The van der Waals surface area contributed by atoms with E-state index in [1.165, 1.54) is 5.69 Å². The summed E-state index contributed by atoms with van der Waals surface area (Å²) in [7, 11) is 3.49. The van der Waals surface area contributed by atoms with Crippen molar-refractivity contribution in [3.05, 3.63) is 59.7 Å². The maximum Gasteiger partial charge on any atom is 0.248 e. The second-order valence-corrected chi connectivity index (χ2v) is 6.64. The molecule has 1 heterocycles. The Balaban J connectivity index is 0.00000300. The van der Waals surface area contributed by atoms with Gasteiger partial charge >= 0.3 is 0 Å². The molecule has 7 nitrogen and oxygen atoms in total. The molecule has 1 saturated heterocycles. The zero-order valence-electron chi connectivity index (χ0n) is 16.8. The number of ether oxygens (including phenoxy) is 1. The van der Waals surface area contributed by atoms with E-state index in [-0.39, 0.29) is 24.0 Å². The second-order valence-electron chi connectivity index (χ2n) is 6.64. The highest BCUT2D eigenvalue weighted by Gasteiger charge is 2.20. The number of nitrogens with two attached hydrogens (primary N) is 1. The number of guanidine groups is 1. The first-order chi connectivity index (χ1) is 13.6. The van der Waals surface area contributed by atoms with Crippen LogP contribution in [0.25, 0.3) is 0 Å². The number of rotatable bonds is 5. The van der Waals surface area contributed by atoms with Crippen molar-refractivity contribution in [2.75, 3.05) is 45.2 Å². The SMILES string of the molecule is CN=C(NCc1ccc(C(N)=O)cc1)N1CCN(c2cccc(OC)c2)CC1.I. The summed E-state index contributed by atoms with van der Waals surface area (Å²) in [6.07, 6.45) is 0. The number of benzene rings is 2. The average molecular weight is 509 g/mol. The molecule has 1 aliphatic rings. The molecular weight excluding hydrogens is 481 g/mol. The van der Waals surface area contributed by atoms with E-state index < -0.39 is 5.91 Å². The molecule has 0 aliphatic carbocycles. The zero-order chi connectivity index (χ0) is 19.9. The van der Waals surface area contributed by atoms with Crippen LogP contribution in [0.2, 0.25) is 0 Å². The molecule has 3 N–H and O–H groups in total. The Kier molecular flexibility index (Phi) is 8.56.